The molecule has 0 saturated heterocycles. The zero-order valence-corrected chi connectivity index (χ0v) is 17.1. The molecule has 2 aromatic carbocycles. The third kappa shape index (κ3) is 4.57. The number of hydrazone groups is 1. The molecule has 1 N–H and O–H groups in total. The molecule has 30 heavy (non-hydrogen) atoms. The van der Waals surface area contributed by atoms with Crippen LogP contribution in [-0.4, -0.2) is 45.5 Å². The number of thioether (sulfide) groups is 1. The maximum absolute atomic E-state index is 12.4. The Morgan fingerprint density at radius 1 is 1.17 bits per heavy atom. The lowest BCUT2D eigenvalue weighted by molar-refractivity contribution is -0.135. The average Bonchev–Trinajstić information content (AvgIpc) is 3.26. The quantitative estimate of drug-likeness (QED) is 0.612. The molecule has 152 valence electrons. The summed E-state index contributed by atoms with van der Waals surface area (Å²) in [6.45, 7) is -0.189. The van der Waals surface area contributed by atoms with Crippen molar-refractivity contribution in [1.82, 2.24) is 15.1 Å². The van der Waals surface area contributed by atoms with E-state index in [1.807, 2.05) is 54.8 Å². The van der Waals surface area contributed by atoms with Crippen LogP contribution in [0.3, 0.4) is 0 Å². The number of nitrogens with zero attached hydrogens (tertiary/aromatic N) is 4. The van der Waals surface area contributed by atoms with Crippen molar-refractivity contribution in [3.8, 4) is 11.4 Å². The third-order valence-electron chi connectivity index (χ3n) is 4.46. The van der Waals surface area contributed by atoms with Gasteiger partial charge in [0.1, 0.15) is 12.3 Å². The van der Waals surface area contributed by atoms with Gasteiger partial charge in [0, 0.05) is 29.0 Å². The monoisotopic (exact) mass is 421 g/mol. The van der Waals surface area contributed by atoms with Gasteiger partial charge in [-0.15, -0.1) is 11.8 Å². The first-order valence-electron chi connectivity index (χ1n) is 9.33. The molecule has 0 atom stereocenters. The van der Waals surface area contributed by atoms with Crippen molar-refractivity contribution in [2.24, 2.45) is 5.10 Å². The molecule has 1 aliphatic rings. The SMILES string of the molecule is CSc1cccc(NC(=O)CN2N=C(c3nc(-c4ccccc4)no3)CCC2=O)c1. The van der Waals surface area contributed by atoms with Crippen LogP contribution in [0, 0.1) is 0 Å². The van der Waals surface area contributed by atoms with Gasteiger partial charge in [0.15, 0.2) is 0 Å². The zero-order valence-electron chi connectivity index (χ0n) is 16.2. The highest BCUT2D eigenvalue weighted by atomic mass is 32.2. The first-order chi connectivity index (χ1) is 14.6. The summed E-state index contributed by atoms with van der Waals surface area (Å²) >= 11 is 1.58. The van der Waals surface area contributed by atoms with Crippen LogP contribution in [-0.2, 0) is 9.59 Å². The number of aromatic nitrogens is 2. The predicted octanol–water partition coefficient (Wildman–Crippen LogP) is 3.42. The molecule has 3 aromatic rings. The Morgan fingerprint density at radius 2 is 2.00 bits per heavy atom. The Morgan fingerprint density at radius 3 is 2.80 bits per heavy atom. The van der Waals surface area contributed by atoms with Gasteiger partial charge in [-0.1, -0.05) is 41.6 Å². The van der Waals surface area contributed by atoms with Crippen LogP contribution in [0.4, 0.5) is 5.69 Å². The van der Waals surface area contributed by atoms with Crippen LogP contribution in [0.15, 0.2) is 69.1 Å². The molecule has 0 bridgehead atoms. The molecule has 0 aliphatic carbocycles. The van der Waals surface area contributed by atoms with E-state index >= 15 is 0 Å². The molecular weight excluding hydrogens is 402 g/mol. The summed E-state index contributed by atoms with van der Waals surface area (Å²) in [6, 6.07) is 16.9. The minimum absolute atomic E-state index is 0.189. The Bertz CT molecular complexity index is 1100. The normalized spacial score (nSPS) is 13.8. The van der Waals surface area contributed by atoms with Crippen LogP contribution in [0.5, 0.6) is 0 Å². The number of nitrogens with one attached hydrogen (secondary N) is 1. The van der Waals surface area contributed by atoms with Crippen LogP contribution in [0.2, 0.25) is 0 Å². The lowest BCUT2D eigenvalue weighted by atomic mass is 10.1. The van der Waals surface area contributed by atoms with E-state index in [2.05, 4.69) is 20.6 Å². The number of carbonyl (C=O) groups is 2. The molecule has 0 fully saturated rings. The topological polar surface area (TPSA) is 101 Å². The molecule has 0 unspecified atom stereocenters. The summed E-state index contributed by atoms with van der Waals surface area (Å²) in [5, 5.41) is 12.2. The smallest absolute Gasteiger partial charge is 0.274 e. The number of hydrogen-bond acceptors (Lipinski definition) is 7. The maximum atomic E-state index is 12.4. The third-order valence-corrected chi connectivity index (χ3v) is 5.18. The molecule has 4 rings (SSSR count). The molecule has 9 heteroatoms. The molecule has 2 amide bonds. The highest BCUT2D eigenvalue weighted by molar-refractivity contribution is 7.98. The van der Waals surface area contributed by atoms with E-state index in [4.69, 9.17) is 4.52 Å². The maximum Gasteiger partial charge on any atom is 0.274 e. The summed E-state index contributed by atoms with van der Waals surface area (Å²) in [6.07, 6.45) is 2.56. The number of rotatable bonds is 6. The summed E-state index contributed by atoms with van der Waals surface area (Å²) in [7, 11) is 0. The van der Waals surface area contributed by atoms with E-state index < -0.39 is 0 Å². The molecule has 0 radical (unpaired) electrons. The molecule has 0 saturated carbocycles. The van der Waals surface area contributed by atoms with Gasteiger partial charge in [0.2, 0.25) is 17.6 Å². The van der Waals surface area contributed by atoms with Crippen molar-refractivity contribution in [1.29, 1.82) is 0 Å². The van der Waals surface area contributed by atoms with Gasteiger partial charge in [-0.2, -0.15) is 10.1 Å². The Labute approximate surface area is 177 Å². The van der Waals surface area contributed by atoms with E-state index in [9.17, 15) is 9.59 Å². The lowest BCUT2D eigenvalue weighted by Gasteiger charge is -2.21. The Kier molecular flexibility index (Phi) is 5.89. The minimum Gasteiger partial charge on any atom is -0.332 e. The highest BCUT2D eigenvalue weighted by Crippen LogP contribution is 2.20. The number of carbonyl (C=O) groups excluding carboxylic acids is 2. The molecule has 2 heterocycles. The number of hydrogen-bond donors (Lipinski definition) is 1. The fourth-order valence-electron chi connectivity index (χ4n) is 2.96. The van der Waals surface area contributed by atoms with E-state index in [-0.39, 0.29) is 30.7 Å². The van der Waals surface area contributed by atoms with Gasteiger partial charge in [0.25, 0.3) is 5.89 Å². The van der Waals surface area contributed by atoms with Crippen molar-refractivity contribution in [3.05, 3.63) is 60.5 Å². The summed E-state index contributed by atoms with van der Waals surface area (Å²) < 4.78 is 5.34. The summed E-state index contributed by atoms with van der Waals surface area (Å²) in [5.74, 6) is 0.138. The summed E-state index contributed by atoms with van der Waals surface area (Å²) in [5.41, 5.74) is 1.98. The minimum atomic E-state index is -0.331. The number of benzene rings is 2. The van der Waals surface area contributed by atoms with E-state index in [0.717, 1.165) is 15.5 Å². The van der Waals surface area contributed by atoms with Crippen LogP contribution in [0.25, 0.3) is 11.4 Å². The summed E-state index contributed by atoms with van der Waals surface area (Å²) in [4.78, 5) is 30.1. The van der Waals surface area contributed by atoms with Gasteiger partial charge >= 0.3 is 0 Å². The van der Waals surface area contributed by atoms with Crippen LogP contribution >= 0.6 is 11.8 Å². The van der Waals surface area contributed by atoms with Crippen molar-refractivity contribution in [2.45, 2.75) is 17.7 Å². The van der Waals surface area contributed by atoms with Gasteiger partial charge in [0.05, 0.1) is 0 Å². The zero-order chi connectivity index (χ0) is 20.9. The molecular formula is C21H19N5O3S. The number of anilines is 1. The first kappa shape index (κ1) is 19.8. The second-order valence-electron chi connectivity index (χ2n) is 6.57. The van der Waals surface area contributed by atoms with E-state index in [1.165, 1.54) is 0 Å². The van der Waals surface area contributed by atoms with Crippen molar-refractivity contribution >= 4 is 35.0 Å². The van der Waals surface area contributed by atoms with Gasteiger partial charge in [-0.05, 0) is 24.5 Å². The fourth-order valence-corrected chi connectivity index (χ4v) is 3.42. The van der Waals surface area contributed by atoms with Gasteiger partial charge in [-0.25, -0.2) is 5.01 Å². The standard InChI is InChI=1S/C21H19N5O3S/c1-30-16-9-5-8-15(12-16)22-18(27)13-26-19(28)11-10-17(24-26)21-23-20(25-29-21)14-6-3-2-4-7-14/h2-9,12H,10-11,13H2,1H3,(H,22,27). The second-order valence-corrected chi connectivity index (χ2v) is 7.45. The van der Waals surface area contributed by atoms with Crippen molar-refractivity contribution < 1.29 is 14.1 Å². The Balaban J connectivity index is 1.47. The molecule has 8 nitrogen and oxygen atoms in total. The lowest BCUT2D eigenvalue weighted by Crippen LogP contribution is -2.38. The first-order valence-corrected chi connectivity index (χ1v) is 10.6. The molecule has 1 aliphatic heterocycles. The molecule has 1 aromatic heterocycles. The molecule has 0 spiro atoms. The van der Waals surface area contributed by atoms with Crippen molar-refractivity contribution in [2.75, 3.05) is 18.1 Å². The fraction of sp³-hybridized carbons (Fsp3) is 0.190. The van der Waals surface area contributed by atoms with Crippen LogP contribution < -0.4 is 5.32 Å². The second kappa shape index (κ2) is 8.91. The average molecular weight is 421 g/mol. The Hall–Kier alpha value is -3.46. The van der Waals surface area contributed by atoms with Gasteiger partial charge < -0.3 is 9.84 Å². The number of amides is 2. The predicted molar refractivity (Wildman–Crippen MR) is 114 cm³/mol. The highest BCUT2D eigenvalue weighted by Gasteiger charge is 2.26. The van der Waals surface area contributed by atoms with E-state index in [0.29, 0.717) is 23.6 Å². The van der Waals surface area contributed by atoms with Crippen LogP contribution in [0.1, 0.15) is 18.7 Å². The van der Waals surface area contributed by atoms with Crippen molar-refractivity contribution in [3.63, 3.8) is 0 Å². The largest absolute Gasteiger partial charge is 0.332 e. The van der Waals surface area contributed by atoms with E-state index in [1.54, 1.807) is 17.8 Å². The van der Waals surface area contributed by atoms with Gasteiger partial charge in [-0.3, -0.25) is 9.59 Å².